The molecule has 4 rings (SSSR count). The summed E-state index contributed by atoms with van der Waals surface area (Å²) >= 11 is 4.91. The summed E-state index contributed by atoms with van der Waals surface area (Å²) in [6.07, 6.45) is 0. The van der Waals surface area contributed by atoms with Crippen molar-refractivity contribution in [3.8, 4) is 0 Å². The van der Waals surface area contributed by atoms with Crippen LogP contribution in [0.2, 0.25) is 0 Å². The number of aromatic nitrogens is 1. The van der Waals surface area contributed by atoms with E-state index >= 15 is 0 Å². The third-order valence-electron chi connectivity index (χ3n) is 4.31. The van der Waals surface area contributed by atoms with Gasteiger partial charge in [-0.25, -0.2) is 9.78 Å². The van der Waals surface area contributed by atoms with Gasteiger partial charge in [-0.2, -0.15) is 0 Å². The zero-order chi connectivity index (χ0) is 17.6. The Morgan fingerprint density at radius 3 is 2.76 bits per heavy atom. The highest BCUT2D eigenvalue weighted by Crippen LogP contribution is 2.32. The Kier molecular flexibility index (Phi) is 3.85. The number of hydrogen-bond donors (Lipinski definition) is 1. The second-order valence-corrected chi connectivity index (χ2v) is 8.06. The van der Waals surface area contributed by atoms with E-state index in [-0.39, 0.29) is 12.5 Å². The number of rotatable bonds is 3. The van der Waals surface area contributed by atoms with Crippen molar-refractivity contribution < 1.29 is 9.59 Å². The minimum Gasteiger partial charge on any atom is -0.319 e. The van der Waals surface area contributed by atoms with E-state index < -0.39 is 11.6 Å². The van der Waals surface area contributed by atoms with Gasteiger partial charge in [0.1, 0.15) is 10.5 Å². The molecular formula is C18H14BrN3O2S. The number of amides is 3. The zero-order valence-electron chi connectivity index (χ0n) is 13.3. The van der Waals surface area contributed by atoms with Gasteiger partial charge < -0.3 is 5.32 Å². The Morgan fingerprint density at radius 1 is 1.20 bits per heavy atom. The molecule has 7 heteroatoms. The highest BCUT2D eigenvalue weighted by atomic mass is 79.9. The minimum absolute atomic E-state index is 0.174. The molecule has 1 unspecified atom stereocenters. The molecule has 0 bridgehead atoms. The van der Waals surface area contributed by atoms with E-state index in [4.69, 9.17) is 0 Å². The van der Waals surface area contributed by atoms with Gasteiger partial charge in [0, 0.05) is 4.47 Å². The molecule has 0 spiro atoms. The summed E-state index contributed by atoms with van der Waals surface area (Å²) in [5, 5.41) is 3.56. The van der Waals surface area contributed by atoms with Gasteiger partial charge in [0.15, 0.2) is 0 Å². The average molecular weight is 416 g/mol. The van der Waals surface area contributed by atoms with E-state index in [1.807, 2.05) is 48.5 Å². The molecule has 1 aliphatic rings. The molecule has 3 amide bonds. The fourth-order valence-corrected chi connectivity index (χ4v) is 4.31. The average Bonchev–Trinajstić information content (AvgIpc) is 3.09. The van der Waals surface area contributed by atoms with Crippen LogP contribution in [-0.2, 0) is 16.9 Å². The summed E-state index contributed by atoms with van der Waals surface area (Å²) in [5.74, 6) is -0.269. The predicted octanol–water partition coefficient (Wildman–Crippen LogP) is 4.03. The second-order valence-electron chi connectivity index (χ2n) is 6.03. The Labute approximate surface area is 156 Å². The van der Waals surface area contributed by atoms with Crippen molar-refractivity contribution in [3.63, 3.8) is 0 Å². The van der Waals surface area contributed by atoms with Crippen LogP contribution in [0.25, 0.3) is 10.2 Å². The van der Waals surface area contributed by atoms with Crippen LogP contribution in [-0.4, -0.2) is 21.8 Å². The molecule has 1 aromatic heterocycles. The number of carbonyl (C=O) groups is 2. The highest BCUT2D eigenvalue weighted by Gasteiger charge is 2.49. The number of nitrogens with one attached hydrogen (secondary N) is 1. The van der Waals surface area contributed by atoms with Crippen LogP contribution in [0.4, 0.5) is 4.79 Å². The number of para-hydroxylation sites is 1. The van der Waals surface area contributed by atoms with Crippen LogP contribution in [0.1, 0.15) is 17.5 Å². The Morgan fingerprint density at radius 2 is 2.00 bits per heavy atom. The van der Waals surface area contributed by atoms with E-state index in [1.54, 1.807) is 6.92 Å². The van der Waals surface area contributed by atoms with E-state index in [0.717, 1.165) is 25.3 Å². The van der Waals surface area contributed by atoms with Gasteiger partial charge in [-0.1, -0.05) is 40.2 Å². The number of halogens is 1. The standard InChI is InChI=1S/C18H14BrN3O2S/c1-18(11-5-4-6-12(19)9-11)16(23)22(17(24)21-18)10-15-20-13-7-2-3-8-14(13)25-15/h2-9H,10H2,1H3,(H,21,24). The molecule has 1 atom stereocenters. The lowest BCUT2D eigenvalue weighted by atomic mass is 9.92. The summed E-state index contributed by atoms with van der Waals surface area (Å²) in [7, 11) is 0. The number of benzene rings is 2. The number of fused-ring (bicyclic) bond motifs is 1. The molecule has 1 saturated heterocycles. The number of hydrogen-bond acceptors (Lipinski definition) is 4. The molecule has 1 aliphatic heterocycles. The molecule has 1 fully saturated rings. The van der Waals surface area contributed by atoms with Gasteiger partial charge in [-0.3, -0.25) is 9.69 Å². The van der Waals surface area contributed by atoms with E-state index in [1.165, 1.54) is 16.2 Å². The maximum Gasteiger partial charge on any atom is 0.325 e. The first-order chi connectivity index (χ1) is 12.0. The molecule has 126 valence electrons. The molecule has 0 radical (unpaired) electrons. The smallest absolute Gasteiger partial charge is 0.319 e. The number of urea groups is 1. The molecule has 2 aromatic carbocycles. The fraction of sp³-hybridized carbons (Fsp3) is 0.167. The topological polar surface area (TPSA) is 62.3 Å². The van der Waals surface area contributed by atoms with Gasteiger partial charge in [-0.05, 0) is 36.8 Å². The molecule has 1 N–H and O–H groups in total. The van der Waals surface area contributed by atoms with E-state index in [9.17, 15) is 9.59 Å². The number of nitrogens with zero attached hydrogens (tertiary/aromatic N) is 2. The van der Waals surface area contributed by atoms with Crippen molar-refractivity contribution in [3.05, 3.63) is 63.6 Å². The normalized spacial score (nSPS) is 20.3. The third kappa shape index (κ3) is 2.73. The molecule has 25 heavy (non-hydrogen) atoms. The van der Waals surface area contributed by atoms with Crippen molar-refractivity contribution in [1.29, 1.82) is 0 Å². The molecule has 0 aliphatic carbocycles. The van der Waals surface area contributed by atoms with Crippen LogP contribution in [0.3, 0.4) is 0 Å². The summed E-state index contributed by atoms with van der Waals surface area (Å²) in [6.45, 7) is 1.90. The summed E-state index contributed by atoms with van der Waals surface area (Å²) in [4.78, 5) is 31.2. The largest absolute Gasteiger partial charge is 0.325 e. The fourth-order valence-electron chi connectivity index (χ4n) is 2.96. The predicted molar refractivity (Wildman–Crippen MR) is 100 cm³/mol. The van der Waals surface area contributed by atoms with E-state index in [0.29, 0.717) is 0 Å². The quantitative estimate of drug-likeness (QED) is 0.656. The summed E-state index contributed by atoms with van der Waals surface area (Å²) < 4.78 is 1.90. The van der Waals surface area contributed by atoms with Crippen molar-refractivity contribution in [1.82, 2.24) is 15.2 Å². The number of imide groups is 1. The lowest BCUT2D eigenvalue weighted by molar-refractivity contribution is -0.131. The van der Waals surface area contributed by atoms with Gasteiger partial charge in [0.2, 0.25) is 0 Å². The van der Waals surface area contributed by atoms with Crippen molar-refractivity contribution in [2.24, 2.45) is 0 Å². The monoisotopic (exact) mass is 415 g/mol. The first-order valence-electron chi connectivity index (χ1n) is 7.72. The lowest BCUT2D eigenvalue weighted by Gasteiger charge is -2.22. The third-order valence-corrected chi connectivity index (χ3v) is 5.82. The van der Waals surface area contributed by atoms with Crippen molar-refractivity contribution >= 4 is 49.4 Å². The van der Waals surface area contributed by atoms with Crippen LogP contribution in [0, 0.1) is 0 Å². The molecule has 5 nitrogen and oxygen atoms in total. The SMILES string of the molecule is CC1(c2cccc(Br)c2)NC(=O)N(Cc2nc3ccccc3s2)C1=O. The molecular weight excluding hydrogens is 402 g/mol. The molecule has 3 aromatic rings. The molecule has 0 saturated carbocycles. The highest BCUT2D eigenvalue weighted by molar-refractivity contribution is 9.10. The molecule has 2 heterocycles. The Balaban J connectivity index is 1.65. The van der Waals surface area contributed by atoms with Crippen LogP contribution in [0.15, 0.2) is 53.0 Å². The zero-order valence-corrected chi connectivity index (χ0v) is 15.7. The maximum atomic E-state index is 13.0. The summed E-state index contributed by atoms with van der Waals surface area (Å²) in [5.41, 5.74) is 0.550. The number of thiazole rings is 1. The Bertz CT molecular complexity index is 970. The number of carbonyl (C=O) groups excluding carboxylic acids is 2. The maximum absolute atomic E-state index is 13.0. The van der Waals surface area contributed by atoms with Gasteiger partial charge in [0.25, 0.3) is 5.91 Å². The first-order valence-corrected chi connectivity index (χ1v) is 9.33. The van der Waals surface area contributed by atoms with Crippen LogP contribution in [0.5, 0.6) is 0 Å². The van der Waals surface area contributed by atoms with Crippen LogP contribution < -0.4 is 5.32 Å². The first kappa shape index (κ1) is 16.2. The van der Waals surface area contributed by atoms with Crippen molar-refractivity contribution in [2.45, 2.75) is 19.0 Å². The van der Waals surface area contributed by atoms with Crippen LogP contribution >= 0.6 is 27.3 Å². The van der Waals surface area contributed by atoms with Gasteiger partial charge in [-0.15, -0.1) is 11.3 Å². The van der Waals surface area contributed by atoms with Gasteiger partial charge >= 0.3 is 6.03 Å². The lowest BCUT2D eigenvalue weighted by Crippen LogP contribution is -2.40. The Hall–Kier alpha value is -2.25. The minimum atomic E-state index is -1.07. The van der Waals surface area contributed by atoms with E-state index in [2.05, 4.69) is 26.2 Å². The van der Waals surface area contributed by atoms with Crippen molar-refractivity contribution in [2.75, 3.05) is 0 Å². The van der Waals surface area contributed by atoms with Gasteiger partial charge in [0.05, 0.1) is 16.8 Å². The summed E-state index contributed by atoms with van der Waals surface area (Å²) in [6, 6.07) is 14.8. The second kappa shape index (κ2) is 5.93.